The van der Waals surface area contributed by atoms with Gasteiger partial charge in [0.25, 0.3) is 0 Å². The minimum atomic E-state index is 0.0547. The molecule has 3 heteroatoms. The van der Waals surface area contributed by atoms with Gasteiger partial charge in [-0.05, 0) is 49.4 Å². The molecule has 0 fully saturated rings. The first kappa shape index (κ1) is 13.1. The van der Waals surface area contributed by atoms with Crippen molar-refractivity contribution in [2.45, 2.75) is 26.7 Å². The maximum Gasteiger partial charge on any atom is 0.246 e. The summed E-state index contributed by atoms with van der Waals surface area (Å²) in [6.07, 6.45) is 6.04. The second-order valence-corrected chi connectivity index (χ2v) is 5.80. The Morgan fingerprint density at radius 3 is 2.50 bits per heavy atom. The molecule has 0 radical (unpaired) electrons. The van der Waals surface area contributed by atoms with Crippen molar-refractivity contribution in [2.24, 2.45) is 16.9 Å². The van der Waals surface area contributed by atoms with E-state index in [1.807, 2.05) is 0 Å². The number of aryl methyl sites for hydroxylation is 2. The lowest BCUT2D eigenvalue weighted by Gasteiger charge is -2.35. The molecule has 20 heavy (non-hydrogen) atoms. The van der Waals surface area contributed by atoms with E-state index in [1.165, 1.54) is 16.1 Å². The summed E-state index contributed by atoms with van der Waals surface area (Å²) >= 11 is 0. The molecule has 2 aliphatic rings. The van der Waals surface area contributed by atoms with Crippen LogP contribution >= 0.6 is 0 Å². The topological polar surface area (TPSA) is 32.7 Å². The summed E-state index contributed by atoms with van der Waals surface area (Å²) in [5.74, 6) is 0.428. The summed E-state index contributed by atoms with van der Waals surface area (Å²) in [6, 6.07) is 6.45. The van der Waals surface area contributed by atoms with Crippen LogP contribution < -0.4 is 0 Å². The van der Waals surface area contributed by atoms with Gasteiger partial charge in [-0.3, -0.25) is 4.79 Å². The first-order valence-electron chi connectivity index (χ1n) is 7.16. The van der Waals surface area contributed by atoms with Crippen molar-refractivity contribution in [3.8, 4) is 0 Å². The molecule has 104 valence electrons. The Kier molecular flexibility index (Phi) is 3.20. The van der Waals surface area contributed by atoms with Crippen molar-refractivity contribution in [3.63, 3.8) is 0 Å². The molecule has 0 bridgehead atoms. The molecule has 2 atom stereocenters. The van der Waals surface area contributed by atoms with Gasteiger partial charge in [0.05, 0.1) is 11.6 Å². The third kappa shape index (κ3) is 2.07. The van der Waals surface area contributed by atoms with E-state index in [4.69, 9.17) is 0 Å². The number of benzene rings is 1. The average Bonchev–Trinajstić information content (AvgIpc) is 2.46. The van der Waals surface area contributed by atoms with Crippen LogP contribution in [0.1, 0.15) is 29.5 Å². The quantitative estimate of drug-likeness (QED) is 0.720. The Hall–Kier alpha value is -1.90. The number of fused-ring (bicyclic) bond motifs is 1. The number of hydrogen-bond donors (Lipinski definition) is 0. The molecule has 0 N–H and O–H groups in total. The van der Waals surface area contributed by atoms with Crippen molar-refractivity contribution < 1.29 is 4.79 Å². The predicted molar refractivity (Wildman–Crippen MR) is 80.6 cm³/mol. The SMILES string of the molecule is Cc1ccc(C2=NN(C)C(=O)C3CC=CCC23)cc1C. The number of hydrazone groups is 1. The normalized spacial score (nSPS) is 25.4. The van der Waals surface area contributed by atoms with Crippen LogP contribution in [0.5, 0.6) is 0 Å². The molecule has 1 aromatic rings. The lowest BCUT2D eigenvalue weighted by molar-refractivity contribution is -0.136. The molecule has 1 aliphatic carbocycles. The standard InChI is InChI=1S/C17H20N2O/c1-11-8-9-13(10-12(11)2)16-14-6-4-5-7-15(14)17(20)19(3)18-16/h4-5,8-10,14-15H,6-7H2,1-3H3. The molecular weight excluding hydrogens is 248 g/mol. The highest BCUT2D eigenvalue weighted by Gasteiger charge is 2.38. The molecule has 3 nitrogen and oxygen atoms in total. The molecule has 0 spiro atoms. The number of amides is 1. The van der Waals surface area contributed by atoms with Gasteiger partial charge < -0.3 is 0 Å². The van der Waals surface area contributed by atoms with E-state index in [-0.39, 0.29) is 17.7 Å². The number of carbonyl (C=O) groups is 1. The summed E-state index contributed by atoms with van der Waals surface area (Å²) in [5.41, 5.74) is 4.77. The zero-order valence-electron chi connectivity index (χ0n) is 12.3. The van der Waals surface area contributed by atoms with Gasteiger partial charge in [0, 0.05) is 13.0 Å². The summed E-state index contributed by atoms with van der Waals surface area (Å²) in [4.78, 5) is 12.2. The van der Waals surface area contributed by atoms with E-state index in [1.54, 1.807) is 7.05 Å². The monoisotopic (exact) mass is 268 g/mol. The second kappa shape index (κ2) is 4.89. The molecule has 1 amide bonds. The molecule has 1 heterocycles. The molecule has 1 aromatic carbocycles. The van der Waals surface area contributed by atoms with Crippen molar-refractivity contribution >= 4 is 11.6 Å². The van der Waals surface area contributed by atoms with E-state index in [9.17, 15) is 4.79 Å². The minimum absolute atomic E-state index is 0.0547. The van der Waals surface area contributed by atoms with Gasteiger partial charge in [-0.15, -0.1) is 0 Å². The van der Waals surface area contributed by atoms with Crippen molar-refractivity contribution in [2.75, 3.05) is 7.05 Å². The molecule has 2 unspecified atom stereocenters. The van der Waals surface area contributed by atoms with Crippen molar-refractivity contribution in [1.82, 2.24) is 5.01 Å². The average molecular weight is 268 g/mol. The van der Waals surface area contributed by atoms with Crippen LogP contribution in [-0.2, 0) is 4.79 Å². The molecule has 0 aromatic heterocycles. The van der Waals surface area contributed by atoms with Crippen molar-refractivity contribution in [1.29, 1.82) is 0 Å². The van der Waals surface area contributed by atoms with Crippen molar-refractivity contribution in [3.05, 3.63) is 47.0 Å². The molecule has 0 saturated carbocycles. The third-order valence-electron chi connectivity index (χ3n) is 4.48. The lowest BCUT2D eigenvalue weighted by Crippen LogP contribution is -2.43. The van der Waals surface area contributed by atoms with Gasteiger partial charge in [0.15, 0.2) is 0 Å². The first-order chi connectivity index (χ1) is 9.58. The van der Waals surface area contributed by atoms with Gasteiger partial charge in [0.1, 0.15) is 0 Å². The molecule has 1 aliphatic heterocycles. The molecular formula is C17H20N2O. The van der Waals surface area contributed by atoms with Gasteiger partial charge >= 0.3 is 0 Å². The highest BCUT2D eigenvalue weighted by molar-refractivity contribution is 6.07. The summed E-state index contributed by atoms with van der Waals surface area (Å²) in [7, 11) is 1.76. The minimum Gasteiger partial charge on any atom is -0.273 e. The van der Waals surface area contributed by atoms with E-state index < -0.39 is 0 Å². The molecule has 0 saturated heterocycles. The lowest BCUT2D eigenvalue weighted by atomic mass is 9.76. The smallest absolute Gasteiger partial charge is 0.246 e. The van der Waals surface area contributed by atoms with Crippen LogP contribution in [0.15, 0.2) is 35.5 Å². The van der Waals surface area contributed by atoms with Crippen LogP contribution in [-0.4, -0.2) is 23.7 Å². The van der Waals surface area contributed by atoms with Crippen LogP contribution in [0, 0.1) is 25.7 Å². The number of hydrogen-bond acceptors (Lipinski definition) is 2. The maximum atomic E-state index is 12.2. The van der Waals surface area contributed by atoms with Crippen LogP contribution in [0.2, 0.25) is 0 Å². The van der Waals surface area contributed by atoms with E-state index >= 15 is 0 Å². The van der Waals surface area contributed by atoms with E-state index in [2.05, 4.69) is 49.3 Å². The van der Waals surface area contributed by atoms with Gasteiger partial charge in [-0.25, -0.2) is 5.01 Å². The van der Waals surface area contributed by atoms with Crippen LogP contribution in [0.3, 0.4) is 0 Å². The fraction of sp³-hybridized carbons (Fsp3) is 0.412. The fourth-order valence-corrected chi connectivity index (χ4v) is 3.09. The largest absolute Gasteiger partial charge is 0.273 e. The Bertz CT molecular complexity index is 615. The van der Waals surface area contributed by atoms with Gasteiger partial charge in [-0.1, -0.05) is 24.3 Å². The highest BCUT2D eigenvalue weighted by atomic mass is 16.2. The van der Waals surface area contributed by atoms with Gasteiger partial charge in [0.2, 0.25) is 5.91 Å². The third-order valence-corrected chi connectivity index (χ3v) is 4.48. The Morgan fingerprint density at radius 1 is 1.10 bits per heavy atom. The highest BCUT2D eigenvalue weighted by Crippen LogP contribution is 2.34. The number of rotatable bonds is 1. The summed E-state index contributed by atoms with van der Waals surface area (Å²) in [6.45, 7) is 4.24. The van der Waals surface area contributed by atoms with Gasteiger partial charge in [-0.2, -0.15) is 5.10 Å². The summed E-state index contributed by atoms with van der Waals surface area (Å²) in [5, 5.41) is 6.07. The predicted octanol–water partition coefficient (Wildman–Crippen LogP) is 3.06. The fourth-order valence-electron chi connectivity index (χ4n) is 3.09. The van der Waals surface area contributed by atoms with Crippen LogP contribution in [0.25, 0.3) is 0 Å². The second-order valence-electron chi connectivity index (χ2n) is 5.80. The zero-order chi connectivity index (χ0) is 14.3. The first-order valence-corrected chi connectivity index (χ1v) is 7.16. The van der Waals surface area contributed by atoms with E-state index in [0.717, 1.165) is 24.1 Å². The Morgan fingerprint density at radius 2 is 1.80 bits per heavy atom. The number of carbonyl (C=O) groups excluding carboxylic acids is 1. The Labute approximate surface area is 120 Å². The Balaban J connectivity index is 2.06. The summed E-state index contributed by atoms with van der Waals surface area (Å²) < 4.78 is 0. The zero-order valence-corrected chi connectivity index (χ0v) is 12.3. The number of nitrogens with zero attached hydrogens (tertiary/aromatic N) is 2. The number of allylic oxidation sites excluding steroid dienone is 2. The molecule has 3 rings (SSSR count). The van der Waals surface area contributed by atoms with Crippen LogP contribution in [0.4, 0.5) is 0 Å². The van der Waals surface area contributed by atoms with E-state index in [0.29, 0.717) is 0 Å². The maximum absolute atomic E-state index is 12.2.